The van der Waals surface area contributed by atoms with Crippen LogP contribution in [0.1, 0.15) is 24.6 Å². The maximum atomic E-state index is 6.12. The van der Waals surface area contributed by atoms with Crippen molar-refractivity contribution in [3.8, 4) is 0 Å². The Bertz CT molecular complexity index is 557. The van der Waals surface area contributed by atoms with Gasteiger partial charge in [0, 0.05) is 29.2 Å². The Morgan fingerprint density at radius 2 is 2.05 bits per heavy atom. The van der Waals surface area contributed by atoms with Crippen LogP contribution in [0.2, 0.25) is 0 Å². The molecular formula is C16H23ClN2. The smallest absolute Gasteiger partial charge is 0.0488 e. The first kappa shape index (κ1) is 15.8. The number of nitrogens with zero attached hydrogens (tertiary/aromatic N) is 1. The van der Waals surface area contributed by atoms with Crippen molar-refractivity contribution in [3.63, 3.8) is 0 Å². The van der Waals surface area contributed by atoms with Crippen LogP contribution in [0.25, 0.3) is 10.9 Å². The van der Waals surface area contributed by atoms with Gasteiger partial charge in [-0.05, 0) is 31.4 Å². The van der Waals surface area contributed by atoms with Gasteiger partial charge in [-0.1, -0.05) is 31.2 Å². The van der Waals surface area contributed by atoms with Crippen LogP contribution in [-0.4, -0.2) is 10.6 Å². The second-order valence-corrected chi connectivity index (χ2v) is 4.85. The summed E-state index contributed by atoms with van der Waals surface area (Å²) in [6.07, 6.45) is 3.91. The van der Waals surface area contributed by atoms with Crippen LogP contribution in [0.4, 0.5) is 0 Å². The van der Waals surface area contributed by atoms with Gasteiger partial charge in [0.05, 0.1) is 0 Å². The van der Waals surface area contributed by atoms with Crippen molar-refractivity contribution >= 4 is 23.3 Å². The Balaban J connectivity index is 0.00000180. The summed E-state index contributed by atoms with van der Waals surface area (Å²) < 4.78 is 2.32. The molecule has 0 amide bonds. The van der Waals surface area contributed by atoms with Crippen LogP contribution < -0.4 is 5.73 Å². The lowest BCUT2D eigenvalue weighted by atomic mass is 10.0. The van der Waals surface area contributed by atoms with E-state index in [1.165, 1.54) is 22.2 Å². The minimum absolute atomic E-state index is 0. The molecule has 0 aliphatic rings. The summed E-state index contributed by atoms with van der Waals surface area (Å²) >= 11 is 0. The van der Waals surface area contributed by atoms with Gasteiger partial charge in [0.15, 0.2) is 0 Å². The largest absolute Gasteiger partial charge is 0.341 e. The molecule has 0 saturated heterocycles. The standard InChI is InChI=1S/C16H22N2.ClH/c1-4-10-18-12(3)15(11-13(17)5-2)14-8-6-7-9-16(14)18;/h4,6-9,13H,1,5,10-11,17H2,2-3H3;1H. The molecule has 2 nitrogen and oxygen atoms in total. The molecule has 3 heteroatoms. The Kier molecular flexibility index (Phi) is 5.64. The third-order valence-corrected chi connectivity index (χ3v) is 3.66. The van der Waals surface area contributed by atoms with E-state index in [0.29, 0.717) is 0 Å². The molecule has 1 aromatic heterocycles. The highest BCUT2D eigenvalue weighted by molar-refractivity contribution is 5.86. The number of hydrogen-bond donors (Lipinski definition) is 1. The van der Waals surface area contributed by atoms with E-state index < -0.39 is 0 Å². The van der Waals surface area contributed by atoms with Crippen LogP contribution in [0.15, 0.2) is 36.9 Å². The lowest BCUT2D eigenvalue weighted by Crippen LogP contribution is -2.21. The molecule has 0 bridgehead atoms. The quantitative estimate of drug-likeness (QED) is 0.828. The van der Waals surface area contributed by atoms with Crippen molar-refractivity contribution in [2.45, 2.75) is 39.3 Å². The van der Waals surface area contributed by atoms with Crippen molar-refractivity contribution in [2.24, 2.45) is 5.73 Å². The third-order valence-electron chi connectivity index (χ3n) is 3.66. The number of rotatable bonds is 5. The van der Waals surface area contributed by atoms with Crippen molar-refractivity contribution in [2.75, 3.05) is 0 Å². The summed E-state index contributed by atoms with van der Waals surface area (Å²) in [7, 11) is 0. The fraction of sp³-hybridized carbons (Fsp3) is 0.375. The fourth-order valence-corrected chi connectivity index (χ4v) is 2.53. The number of halogens is 1. The molecule has 2 rings (SSSR count). The van der Waals surface area contributed by atoms with E-state index in [9.17, 15) is 0 Å². The Hall–Kier alpha value is -1.25. The van der Waals surface area contributed by atoms with Gasteiger partial charge < -0.3 is 10.3 Å². The van der Waals surface area contributed by atoms with Gasteiger partial charge >= 0.3 is 0 Å². The second-order valence-electron chi connectivity index (χ2n) is 4.85. The Morgan fingerprint density at radius 3 is 2.68 bits per heavy atom. The van der Waals surface area contributed by atoms with E-state index in [1.807, 2.05) is 6.08 Å². The summed E-state index contributed by atoms with van der Waals surface area (Å²) in [5.74, 6) is 0. The molecule has 104 valence electrons. The van der Waals surface area contributed by atoms with E-state index in [-0.39, 0.29) is 18.4 Å². The van der Waals surface area contributed by atoms with Crippen molar-refractivity contribution < 1.29 is 0 Å². The molecule has 0 aliphatic heterocycles. The van der Waals surface area contributed by atoms with Gasteiger partial charge in [-0.3, -0.25) is 0 Å². The van der Waals surface area contributed by atoms with E-state index in [4.69, 9.17) is 5.73 Å². The molecule has 1 aromatic carbocycles. The van der Waals surface area contributed by atoms with Gasteiger partial charge in [0.2, 0.25) is 0 Å². The highest BCUT2D eigenvalue weighted by atomic mass is 35.5. The lowest BCUT2D eigenvalue weighted by molar-refractivity contribution is 0.643. The molecule has 1 unspecified atom stereocenters. The monoisotopic (exact) mass is 278 g/mol. The summed E-state index contributed by atoms with van der Waals surface area (Å²) in [6.45, 7) is 9.02. The van der Waals surface area contributed by atoms with E-state index in [1.54, 1.807) is 0 Å². The minimum atomic E-state index is 0. The van der Waals surface area contributed by atoms with Gasteiger partial charge in [0.1, 0.15) is 0 Å². The summed E-state index contributed by atoms with van der Waals surface area (Å²) in [4.78, 5) is 0. The summed E-state index contributed by atoms with van der Waals surface area (Å²) in [5.41, 5.74) is 10.1. The maximum absolute atomic E-state index is 6.12. The third kappa shape index (κ3) is 3.02. The van der Waals surface area contributed by atoms with Gasteiger partial charge in [-0.2, -0.15) is 0 Å². The van der Waals surface area contributed by atoms with Crippen molar-refractivity contribution in [1.29, 1.82) is 0 Å². The first-order chi connectivity index (χ1) is 8.69. The van der Waals surface area contributed by atoms with Crippen molar-refractivity contribution in [1.82, 2.24) is 4.57 Å². The fourth-order valence-electron chi connectivity index (χ4n) is 2.53. The van der Waals surface area contributed by atoms with E-state index >= 15 is 0 Å². The molecule has 1 heterocycles. The van der Waals surface area contributed by atoms with Crippen LogP contribution in [0.5, 0.6) is 0 Å². The van der Waals surface area contributed by atoms with Crippen LogP contribution in [-0.2, 0) is 13.0 Å². The van der Waals surface area contributed by atoms with Gasteiger partial charge in [-0.25, -0.2) is 0 Å². The highest BCUT2D eigenvalue weighted by Gasteiger charge is 2.14. The van der Waals surface area contributed by atoms with E-state index in [0.717, 1.165) is 19.4 Å². The van der Waals surface area contributed by atoms with Gasteiger partial charge in [-0.15, -0.1) is 19.0 Å². The van der Waals surface area contributed by atoms with Crippen molar-refractivity contribution in [3.05, 3.63) is 48.2 Å². The molecular weight excluding hydrogens is 256 g/mol. The average molecular weight is 279 g/mol. The SMILES string of the molecule is C=CCn1c(C)c(CC(N)CC)c2ccccc21.Cl. The number of allylic oxidation sites excluding steroid dienone is 1. The zero-order chi connectivity index (χ0) is 13.1. The first-order valence-electron chi connectivity index (χ1n) is 6.62. The maximum Gasteiger partial charge on any atom is 0.0488 e. The first-order valence-corrected chi connectivity index (χ1v) is 6.62. The summed E-state index contributed by atoms with van der Waals surface area (Å²) in [6, 6.07) is 8.80. The molecule has 0 radical (unpaired) electrons. The summed E-state index contributed by atoms with van der Waals surface area (Å²) in [5, 5.41) is 1.33. The molecule has 0 saturated carbocycles. The molecule has 1 atom stereocenters. The molecule has 2 aromatic rings. The Labute approximate surface area is 121 Å². The molecule has 0 fully saturated rings. The van der Waals surface area contributed by atoms with E-state index in [2.05, 4.69) is 49.3 Å². The van der Waals surface area contributed by atoms with Crippen LogP contribution >= 0.6 is 12.4 Å². The normalized spacial score (nSPS) is 12.2. The predicted octanol–water partition coefficient (Wildman–Crippen LogP) is 3.84. The Morgan fingerprint density at radius 1 is 1.37 bits per heavy atom. The van der Waals surface area contributed by atoms with Gasteiger partial charge in [0.25, 0.3) is 0 Å². The highest BCUT2D eigenvalue weighted by Crippen LogP contribution is 2.27. The number of hydrogen-bond acceptors (Lipinski definition) is 1. The minimum Gasteiger partial charge on any atom is -0.341 e. The lowest BCUT2D eigenvalue weighted by Gasteiger charge is -2.09. The number of fused-ring (bicyclic) bond motifs is 1. The van der Waals surface area contributed by atoms with Crippen LogP contribution in [0, 0.1) is 6.92 Å². The molecule has 0 aliphatic carbocycles. The zero-order valence-electron chi connectivity index (χ0n) is 11.7. The molecule has 2 N–H and O–H groups in total. The topological polar surface area (TPSA) is 30.9 Å². The average Bonchev–Trinajstić information content (AvgIpc) is 2.65. The van der Waals surface area contributed by atoms with Crippen LogP contribution in [0.3, 0.4) is 0 Å². The number of para-hydroxylation sites is 1. The predicted molar refractivity (Wildman–Crippen MR) is 86.1 cm³/mol. The number of benzene rings is 1. The number of aromatic nitrogens is 1. The molecule has 0 spiro atoms. The number of nitrogens with two attached hydrogens (primary N) is 1. The molecule has 19 heavy (non-hydrogen) atoms. The zero-order valence-corrected chi connectivity index (χ0v) is 12.5. The second kappa shape index (κ2) is 6.78.